The third-order valence-corrected chi connectivity index (χ3v) is 5.49. The van der Waals surface area contributed by atoms with Crippen LogP contribution in [0.15, 0.2) is 35.6 Å². The standard InChI is InChI=1S/C17H21N5OS/c23-17(21-10-12-2-1-5-18-12)15-11-22(8-9-24-15)14-4-7-20-16-13(14)3-6-19-16/h3-4,6-7,11-12,18H,1-2,5,8-10H2,(H,19,20)(H,21,23). The van der Waals surface area contributed by atoms with E-state index < -0.39 is 0 Å². The average molecular weight is 343 g/mol. The first-order chi connectivity index (χ1) is 11.8. The van der Waals surface area contributed by atoms with Crippen molar-refractivity contribution in [2.75, 3.05) is 30.3 Å². The molecule has 2 aromatic rings. The van der Waals surface area contributed by atoms with Gasteiger partial charge in [0.1, 0.15) is 5.65 Å². The van der Waals surface area contributed by atoms with E-state index >= 15 is 0 Å². The van der Waals surface area contributed by atoms with Crippen LogP contribution in [0, 0.1) is 0 Å². The Balaban J connectivity index is 1.50. The largest absolute Gasteiger partial charge is 0.350 e. The van der Waals surface area contributed by atoms with E-state index in [1.54, 1.807) is 18.0 Å². The summed E-state index contributed by atoms with van der Waals surface area (Å²) in [5.41, 5.74) is 1.96. The molecule has 1 atom stereocenters. The number of aromatic amines is 1. The van der Waals surface area contributed by atoms with Gasteiger partial charge in [-0.2, -0.15) is 0 Å². The van der Waals surface area contributed by atoms with Gasteiger partial charge in [0.25, 0.3) is 5.91 Å². The Bertz CT molecular complexity index is 765. The zero-order valence-corrected chi connectivity index (χ0v) is 14.2. The molecule has 126 valence electrons. The summed E-state index contributed by atoms with van der Waals surface area (Å²) in [4.78, 5) is 22.9. The number of nitrogens with one attached hydrogen (secondary N) is 3. The summed E-state index contributed by atoms with van der Waals surface area (Å²) >= 11 is 1.62. The van der Waals surface area contributed by atoms with Gasteiger partial charge in [-0.1, -0.05) is 0 Å². The zero-order chi connectivity index (χ0) is 16.4. The third-order valence-electron chi connectivity index (χ3n) is 4.50. The van der Waals surface area contributed by atoms with E-state index in [1.165, 1.54) is 6.42 Å². The molecular weight excluding hydrogens is 322 g/mol. The van der Waals surface area contributed by atoms with Gasteiger partial charge in [-0.25, -0.2) is 4.98 Å². The van der Waals surface area contributed by atoms with Crippen LogP contribution in [-0.2, 0) is 4.79 Å². The van der Waals surface area contributed by atoms with Gasteiger partial charge in [0.05, 0.1) is 10.6 Å². The second-order valence-electron chi connectivity index (χ2n) is 6.11. The molecule has 24 heavy (non-hydrogen) atoms. The molecule has 0 aromatic carbocycles. The molecule has 1 fully saturated rings. The number of amides is 1. The van der Waals surface area contributed by atoms with Crippen molar-refractivity contribution in [1.82, 2.24) is 20.6 Å². The van der Waals surface area contributed by atoms with Gasteiger partial charge in [-0.3, -0.25) is 4.79 Å². The van der Waals surface area contributed by atoms with E-state index in [4.69, 9.17) is 0 Å². The van der Waals surface area contributed by atoms with Crippen molar-refractivity contribution in [3.63, 3.8) is 0 Å². The molecule has 2 aliphatic heterocycles. The number of hydrogen-bond acceptors (Lipinski definition) is 5. The Labute approximate surface area is 145 Å². The molecule has 2 aliphatic rings. The van der Waals surface area contributed by atoms with Gasteiger partial charge >= 0.3 is 0 Å². The highest BCUT2D eigenvalue weighted by molar-refractivity contribution is 8.04. The first-order valence-corrected chi connectivity index (χ1v) is 9.35. The Hall–Kier alpha value is -1.99. The Morgan fingerprint density at radius 2 is 2.42 bits per heavy atom. The highest BCUT2D eigenvalue weighted by Gasteiger charge is 2.21. The minimum absolute atomic E-state index is 0.0257. The zero-order valence-electron chi connectivity index (χ0n) is 13.4. The Morgan fingerprint density at radius 3 is 3.29 bits per heavy atom. The lowest BCUT2D eigenvalue weighted by atomic mass is 10.2. The van der Waals surface area contributed by atoms with Crippen LogP contribution in [0.25, 0.3) is 11.0 Å². The van der Waals surface area contributed by atoms with Gasteiger partial charge in [-0.05, 0) is 31.5 Å². The fourth-order valence-corrected chi connectivity index (χ4v) is 4.16. The molecule has 0 bridgehead atoms. The summed E-state index contributed by atoms with van der Waals surface area (Å²) in [6.45, 7) is 2.64. The first-order valence-electron chi connectivity index (χ1n) is 8.36. The first kappa shape index (κ1) is 15.5. The molecule has 6 nitrogen and oxygen atoms in total. The number of aromatic nitrogens is 2. The summed E-state index contributed by atoms with van der Waals surface area (Å²) in [5.74, 6) is 0.924. The van der Waals surface area contributed by atoms with Gasteiger partial charge < -0.3 is 20.5 Å². The molecule has 0 aliphatic carbocycles. The van der Waals surface area contributed by atoms with Crippen LogP contribution in [0.5, 0.6) is 0 Å². The lowest BCUT2D eigenvalue weighted by Crippen LogP contribution is -2.38. The van der Waals surface area contributed by atoms with Crippen molar-refractivity contribution < 1.29 is 4.79 Å². The number of rotatable bonds is 4. The van der Waals surface area contributed by atoms with Crippen LogP contribution in [0.3, 0.4) is 0 Å². The smallest absolute Gasteiger partial charge is 0.259 e. The summed E-state index contributed by atoms with van der Waals surface area (Å²) in [6, 6.07) is 4.44. The molecule has 1 saturated heterocycles. The van der Waals surface area contributed by atoms with Gasteiger partial charge in [0.15, 0.2) is 0 Å². The lowest BCUT2D eigenvalue weighted by molar-refractivity contribution is -0.116. The molecule has 4 heterocycles. The topological polar surface area (TPSA) is 73.1 Å². The SMILES string of the molecule is O=C(NCC1CCCN1)C1=CN(c2ccnc3[nH]ccc23)CCS1. The fourth-order valence-electron chi connectivity index (χ4n) is 3.24. The van der Waals surface area contributed by atoms with E-state index in [2.05, 4.69) is 25.5 Å². The van der Waals surface area contributed by atoms with Crippen LogP contribution in [0.4, 0.5) is 5.69 Å². The molecule has 0 radical (unpaired) electrons. The van der Waals surface area contributed by atoms with Gasteiger partial charge in [0.2, 0.25) is 0 Å². The van der Waals surface area contributed by atoms with Gasteiger partial charge in [0, 0.05) is 48.9 Å². The molecule has 4 rings (SSSR count). The van der Waals surface area contributed by atoms with Crippen molar-refractivity contribution in [3.05, 3.63) is 35.6 Å². The summed E-state index contributed by atoms with van der Waals surface area (Å²) in [6.07, 6.45) is 8.00. The van der Waals surface area contributed by atoms with Crippen LogP contribution in [0.2, 0.25) is 0 Å². The highest BCUT2D eigenvalue weighted by atomic mass is 32.2. The molecular formula is C17H21N5OS. The number of anilines is 1. The monoisotopic (exact) mass is 343 g/mol. The third kappa shape index (κ3) is 3.14. The molecule has 7 heteroatoms. The van der Waals surface area contributed by atoms with Crippen LogP contribution in [-0.4, -0.2) is 47.3 Å². The number of carbonyl (C=O) groups is 1. The molecule has 1 amide bonds. The second-order valence-corrected chi connectivity index (χ2v) is 7.25. The predicted octanol–water partition coefficient (Wildman–Crippen LogP) is 1.83. The summed E-state index contributed by atoms with van der Waals surface area (Å²) < 4.78 is 0. The van der Waals surface area contributed by atoms with Crippen LogP contribution < -0.4 is 15.5 Å². The maximum Gasteiger partial charge on any atom is 0.259 e. The number of H-pyrrole nitrogens is 1. The van der Waals surface area contributed by atoms with E-state index in [1.807, 2.05) is 24.5 Å². The molecule has 0 spiro atoms. The number of hydrogen-bond donors (Lipinski definition) is 3. The van der Waals surface area contributed by atoms with Crippen molar-refractivity contribution in [2.24, 2.45) is 0 Å². The van der Waals surface area contributed by atoms with E-state index in [0.717, 1.165) is 46.9 Å². The number of nitrogens with zero attached hydrogens (tertiary/aromatic N) is 2. The maximum absolute atomic E-state index is 12.5. The van der Waals surface area contributed by atoms with E-state index in [-0.39, 0.29) is 5.91 Å². The van der Waals surface area contributed by atoms with Gasteiger partial charge in [-0.15, -0.1) is 11.8 Å². The average Bonchev–Trinajstić information content (AvgIpc) is 3.30. The van der Waals surface area contributed by atoms with Crippen molar-refractivity contribution in [1.29, 1.82) is 0 Å². The molecule has 1 unspecified atom stereocenters. The number of thioether (sulfide) groups is 1. The Morgan fingerprint density at radius 1 is 1.46 bits per heavy atom. The normalized spacial score (nSPS) is 21.1. The van der Waals surface area contributed by atoms with Crippen molar-refractivity contribution >= 4 is 34.4 Å². The number of pyridine rings is 1. The quantitative estimate of drug-likeness (QED) is 0.790. The highest BCUT2D eigenvalue weighted by Crippen LogP contribution is 2.30. The predicted molar refractivity (Wildman–Crippen MR) is 98.0 cm³/mol. The maximum atomic E-state index is 12.5. The minimum atomic E-state index is 0.0257. The summed E-state index contributed by atoms with van der Waals surface area (Å²) in [5, 5.41) is 7.55. The molecule has 2 aromatic heterocycles. The lowest BCUT2D eigenvalue weighted by Gasteiger charge is -2.26. The van der Waals surface area contributed by atoms with E-state index in [9.17, 15) is 4.79 Å². The number of fused-ring (bicyclic) bond motifs is 1. The van der Waals surface area contributed by atoms with Crippen LogP contribution in [0.1, 0.15) is 12.8 Å². The second kappa shape index (κ2) is 6.86. The fraction of sp³-hybridized carbons (Fsp3) is 0.412. The van der Waals surface area contributed by atoms with Crippen LogP contribution >= 0.6 is 11.8 Å². The number of carbonyl (C=O) groups excluding carboxylic acids is 1. The van der Waals surface area contributed by atoms with Crippen molar-refractivity contribution in [2.45, 2.75) is 18.9 Å². The molecule has 3 N–H and O–H groups in total. The van der Waals surface area contributed by atoms with Crippen molar-refractivity contribution in [3.8, 4) is 0 Å². The molecule has 0 saturated carbocycles. The van der Waals surface area contributed by atoms with E-state index in [0.29, 0.717) is 12.6 Å². The summed E-state index contributed by atoms with van der Waals surface area (Å²) in [7, 11) is 0. The minimum Gasteiger partial charge on any atom is -0.350 e. The Kier molecular flexibility index (Phi) is 4.44.